The molecule has 0 spiro atoms. The summed E-state index contributed by atoms with van der Waals surface area (Å²) < 4.78 is 5.05. The molecule has 0 aromatic rings. The lowest BCUT2D eigenvalue weighted by atomic mass is 9.36. The van der Waals surface area contributed by atoms with Crippen LogP contribution in [0.4, 0.5) is 0 Å². The maximum absolute atomic E-state index is 8.86. The summed E-state index contributed by atoms with van der Waals surface area (Å²) in [6.07, 6.45) is 19.8. The van der Waals surface area contributed by atoms with Crippen LogP contribution in [-0.4, -0.2) is 17.8 Å². The van der Waals surface area contributed by atoms with Crippen molar-refractivity contribution in [3.63, 3.8) is 0 Å². The lowest BCUT2D eigenvalue weighted by Crippen LogP contribution is -2.70. The zero-order valence-corrected chi connectivity index (χ0v) is 24.8. The van der Waals surface area contributed by atoms with E-state index >= 15 is 0 Å². The number of nitriles is 1. The van der Waals surface area contributed by atoms with Crippen molar-refractivity contribution in [2.75, 3.05) is 0 Å². The number of hydrogen-bond acceptors (Lipinski definition) is 4. The van der Waals surface area contributed by atoms with Crippen LogP contribution in [0.3, 0.4) is 0 Å². The lowest BCUT2D eigenvalue weighted by molar-refractivity contribution is -0.189. The van der Waals surface area contributed by atoms with Crippen LogP contribution in [0.2, 0.25) is 0 Å². The van der Waals surface area contributed by atoms with Crippen molar-refractivity contribution >= 4 is 6.21 Å². The number of allylic oxidation sites excluding steroid dienone is 1. The minimum absolute atomic E-state index is 0.0362. The summed E-state index contributed by atoms with van der Waals surface area (Å²) in [5.41, 5.74) is 8.79. The average Bonchev–Trinajstić information content (AvgIpc) is 3.31. The highest BCUT2D eigenvalue weighted by atomic mass is 16.5. The molecular weight excluding hydrogens is 466 g/mol. The van der Waals surface area contributed by atoms with Crippen molar-refractivity contribution in [2.24, 2.45) is 74.3 Å². The van der Waals surface area contributed by atoms with Gasteiger partial charge in [0.25, 0.3) is 6.26 Å². The molecule has 6 aliphatic rings. The van der Waals surface area contributed by atoms with E-state index in [1.165, 1.54) is 70.6 Å². The summed E-state index contributed by atoms with van der Waals surface area (Å²) in [6.45, 7) is 16.7. The quantitative estimate of drug-likeness (QED) is 0.233. The van der Waals surface area contributed by atoms with Crippen LogP contribution in [0.15, 0.2) is 17.3 Å². The van der Waals surface area contributed by atoms with Gasteiger partial charge in [-0.05, 0) is 123 Å². The first-order valence-corrected chi connectivity index (χ1v) is 16.1. The van der Waals surface area contributed by atoms with E-state index in [0.717, 1.165) is 30.1 Å². The number of rotatable bonds is 4. The van der Waals surface area contributed by atoms with Crippen LogP contribution in [0, 0.1) is 75.1 Å². The van der Waals surface area contributed by atoms with Gasteiger partial charge in [0.2, 0.25) is 0 Å². The monoisotopic (exact) mass is 519 g/mol. The van der Waals surface area contributed by atoms with Gasteiger partial charge in [-0.1, -0.05) is 47.6 Å². The molecule has 6 fully saturated rings. The second-order valence-corrected chi connectivity index (χ2v) is 15.7. The molecule has 38 heavy (non-hydrogen) atoms. The summed E-state index contributed by atoms with van der Waals surface area (Å²) in [5.74, 6) is 5.97. The first kappa shape index (κ1) is 26.9. The van der Waals surface area contributed by atoms with Crippen LogP contribution >= 0.6 is 0 Å². The molecule has 4 heteroatoms. The highest BCUT2D eigenvalue weighted by Crippen LogP contribution is 2.72. The molecule has 0 radical (unpaired) electrons. The zero-order valence-electron chi connectivity index (χ0n) is 24.8. The van der Waals surface area contributed by atoms with Crippen molar-refractivity contribution in [3.8, 4) is 6.26 Å². The van der Waals surface area contributed by atoms with Crippen molar-refractivity contribution in [1.82, 2.24) is 0 Å². The third-order valence-corrected chi connectivity index (χ3v) is 14.6. The molecule has 4 nitrogen and oxygen atoms in total. The van der Waals surface area contributed by atoms with E-state index < -0.39 is 0 Å². The number of aliphatic imine (C=N–C) groups is 1. The molecule has 0 heterocycles. The predicted octanol–water partition coefficient (Wildman–Crippen LogP) is 7.89. The van der Waals surface area contributed by atoms with Gasteiger partial charge in [0, 0.05) is 23.1 Å². The second-order valence-electron chi connectivity index (χ2n) is 15.7. The van der Waals surface area contributed by atoms with Gasteiger partial charge in [-0.2, -0.15) is 0 Å². The summed E-state index contributed by atoms with van der Waals surface area (Å²) in [6, 6.07) is 0.320. The maximum atomic E-state index is 8.86. The van der Waals surface area contributed by atoms with Gasteiger partial charge < -0.3 is 10.5 Å². The summed E-state index contributed by atoms with van der Waals surface area (Å²) >= 11 is 0. The number of nitrogens with zero attached hydrogens (tertiary/aromatic N) is 2. The first-order chi connectivity index (χ1) is 18.0. The molecule has 0 aromatic heterocycles. The summed E-state index contributed by atoms with van der Waals surface area (Å²) in [7, 11) is 0. The molecule has 6 rings (SSSR count). The van der Waals surface area contributed by atoms with E-state index in [1.54, 1.807) is 6.26 Å². The van der Waals surface area contributed by atoms with Gasteiger partial charge in [0.1, 0.15) is 5.76 Å². The predicted molar refractivity (Wildman–Crippen MR) is 154 cm³/mol. The smallest absolute Gasteiger partial charge is 0.291 e. The Kier molecular flexibility index (Phi) is 6.42. The molecule has 210 valence electrons. The highest BCUT2D eigenvalue weighted by Gasteiger charge is 2.68. The lowest BCUT2D eigenvalue weighted by Gasteiger charge is -2.70. The van der Waals surface area contributed by atoms with Crippen molar-refractivity contribution < 1.29 is 4.74 Å². The SMILES string of the molecule is C=C(OC#N)C1CC(N=CC23CCCC2C2(N)CCC4C5(C)CCC(C)C(C)C5CCC4(C)C2CC3)C1C. The Morgan fingerprint density at radius 3 is 2.39 bits per heavy atom. The molecular formula is C34H53N3O. The summed E-state index contributed by atoms with van der Waals surface area (Å²) in [5, 5.41) is 8.86. The van der Waals surface area contributed by atoms with Crippen LogP contribution in [0.25, 0.3) is 0 Å². The molecule has 0 saturated heterocycles. The number of nitrogens with two attached hydrogens (primary N) is 1. The Bertz CT molecular complexity index is 1030. The standard InChI is InChI=1S/C34H53N3O/c1-21-9-14-31(5)26(22(21)2)10-15-32(6)28(31)12-17-34(36)29(32)11-16-33(13-7-8-30(33)34)19-37-27-18-25(23(27)3)24(4)38-20-35/h19,21-23,25-30H,4,7-18,36H2,1-3,5-6H3. The Balaban J connectivity index is 1.23. The maximum Gasteiger partial charge on any atom is 0.291 e. The normalized spacial score (nSPS) is 55.6. The fourth-order valence-electron chi connectivity index (χ4n) is 12.3. The van der Waals surface area contributed by atoms with Gasteiger partial charge >= 0.3 is 0 Å². The molecule has 0 amide bonds. The second kappa shape index (κ2) is 9.09. The van der Waals surface area contributed by atoms with Gasteiger partial charge in [-0.15, -0.1) is 5.26 Å². The van der Waals surface area contributed by atoms with Crippen molar-refractivity contribution in [1.29, 1.82) is 5.26 Å². The topological polar surface area (TPSA) is 71.4 Å². The largest absolute Gasteiger partial charge is 0.393 e. The van der Waals surface area contributed by atoms with Crippen molar-refractivity contribution in [3.05, 3.63) is 12.3 Å². The van der Waals surface area contributed by atoms with Gasteiger partial charge in [0.15, 0.2) is 0 Å². The van der Waals surface area contributed by atoms with Gasteiger partial charge in [-0.25, -0.2) is 0 Å². The minimum Gasteiger partial charge on any atom is -0.393 e. The number of fused-ring (bicyclic) bond motifs is 7. The molecule has 0 aliphatic heterocycles. The Morgan fingerprint density at radius 2 is 1.66 bits per heavy atom. The van der Waals surface area contributed by atoms with E-state index in [9.17, 15) is 0 Å². The molecule has 6 saturated carbocycles. The zero-order chi connectivity index (χ0) is 27.1. The molecule has 13 atom stereocenters. The molecule has 2 N–H and O–H groups in total. The minimum atomic E-state index is -0.0362. The number of ether oxygens (including phenoxy) is 1. The molecule has 0 aromatic carbocycles. The third-order valence-electron chi connectivity index (χ3n) is 14.6. The summed E-state index contributed by atoms with van der Waals surface area (Å²) in [4.78, 5) is 5.25. The van der Waals surface area contributed by atoms with Crippen LogP contribution < -0.4 is 5.73 Å². The molecule has 13 unspecified atom stereocenters. The fourth-order valence-corrected chi connectivity index (χ4v) is 12.3. The van der Waals surface area contributed by atoms with Gasteiger partial charge in [0.05, 0.1) is 6.04 Å². The fraction of sp³-hybridized carbons (Fsp3) is 0.882. The Labute approximate surface area is 232 Å². The number of hydrogen-bond donors (Lipinski definition) is 1. The average molecular weight is 520 g/mol. The first-order valence-electron chi connectivity index (χ1n) is 16.1. The van der Waals surface area contributed by atoms with Crippen molar-refractivity contribution in [2.45, 2.75) is 123 Å². The van der Waals surface area contributed by atoms with Crippen LogP contribution in [-0.2, 0) is 4.74 Å². The van der Waals surface area contributed by atoms with E-state index in [4.69, 9.17) is 20.7 Å². The van der Waals surface area contributed by atoms with E-state index in [1.807, 2.05) is 0 Å². The van der Waals surface area contributed by atoms with Crippen LogP contribution in [0.1, 0.15) is 112 Å². The Hall–Kier alpha value is -1.34. The van der Waals surface area contributed by atoms with Crippen LogP contribution in [0.5, 0.6) is 0 Å². The highest BCUT2D eigenvalue weighted by molar-refractivity contribution is 5.68. The molecule has 6 aliphatic carbocycles. The Morgan fingerprint density at radius 1 is 0.921 bits per heavy atom. The van der Waals surface area contributed by atoms with E-state index in [0.29, 0.717) is 40.4 Å². The van der Waals surface area contributed by atoms with Gasteiger partial charge in [-0.3, -0.25) is 4.99 Å². The van der Waals surface area contributed by atoms with E-state index in [2.05, 4.69) is 47.4 Å². The van der Waals surface area contributed by atoms with E-state index in [-0.39, 0.29) is 16.9 Å². The molecule has 0 bridgehead atoms. The third kappa shape index (κ3) is 3.59.